The number of aliphatic hydroxyl groups is 1. The summed E-state index contributed by atoms with van der Waals surface area (Å²) in [5.41, 5.74) is 7.94. The molecule has 100 valence electrons. The average molecular weight is 249 g/mol. The molecule has 0 bridgehead atoms. The van der Waals surface area contributed by atoms with Crippen molar-refractivity contribution in [3.05, 3.63) is 23.4 Å². The van der Waals surface area contributed by atoms with E-state index in [1.54, 1.807) is 0 Å². The number of aromatic nitrogens is 1. The fourth-order valence-corrected chi connectivity index (χ4v) is 2.39. The maximum absolute atomic E-state index is 9.78. The molecule has 0 amide bonds. The number of β-amino-alcohol motifs (C(OH)–C–C–N with tert-alkyl or cyclic N) is 1. The van der Waals surface area contributed by atoms with Crippen LogP contribution in [0.3, 0.4) is 0 Å². The lowest BCUT2D eigenvalue weighted by molar-refractivity contribution is 0.153. The lowest BCUT2D eigenvalue weighted by Gasteiger charge is -2.32. The highest BCUT2D eigenvalue weighted by Crippen LogP contribution is 2.24. The summed E-state index contributed by atoms with van der Waals surface area (Å²) < 4.78 is 0. The third kappa shape index (κ3) is 2.82. The first kappa shape index (κ1) is 13.3. The summed E-state index contributed by atoms with van der Waals surface area (Å²) in [6.45, 7) is 6.39. The van der Waals surface area contributed by atoms with Crippen LogP contribution in [0.1, 0.15) is 43.9 Å². The van der Waals surface area contributed by atoms with Crippen molar-refractivity contribution >= 4 is 5.82 Å². The molecule has 1 aliphatic rings. The zero-order valence-corrected chi connectivity index (χ0v) is 11.3. The largest absolute Gasteiger partial charge is 0.391 e. The molecule has 0 aliphatic carbocycles. The van der Waals surface area contributed by atoms with Crippen LogP contribution >= 0.6 is 0 Å². The van der Waals surface area contributed by atoms with Crippen LogP contribution in [0.4, 0.5) is 5.82 Å². The van der Waals surface area contributed by atoms with Gasteiger partial charge in [0.05, 0.1) is 6.10 Å². The summed E-state index contributed by atoms with van der Waals surface area (Å²) in [6, 6.07) is 4.12. The number of rotatable bonds is 3. The summed E-state index contributed by atoms with van der Waals surface area (Å²) in [6.07, 6.45) is 1.66. The Morgan fingerprint density at radius 2 is 2.28 bits per heavy atom. The summed E-state index contributed by atoms with van der Waals surface area (Å²) in [5, 5.41) is 9.78. The molecule has 4 heteroatoms. The first-order chi connectivity index (χ1) is 8.61. The number of hydrogen-bond acceptors (Lipinski definition) is 4. The van der Waals surface area contributed by atoms with E-state index in [4.69, 9.17) is 10.7 Å². The molecular formula is C14H23N3O. The molecule has 0 aromatic carbocycles. The van der Waals surface area contributed by atoms with Crippen LogP contribution in [-0.2, 0) is 6.54 Å². The van der Waals surface area contributed by atoms with Crippen molar-refractivity contribution in [2.75, 3.05) is 18.0 Å². The van der Waals surface area contributed by atoms with Gasteiger partial charge in [-0.1, -0.05) is 19.9 Å². The Kier molecular flexibility index (Phi) is 4.19. The molecule has 3 N–H and O–H groups in total. The Morgan fingerprint density at radius 1 is 1.50 bits per heavy atom. The monoisotopic (exact) mass is 249 g/mol. The van der Waals surface area contributed by atoms with E-state index in [2.05, 4.69) is 30.9 Å². The lowest BCUT2D eigenvalue weighted by atomic mass is 10.1. The van der Waals surface area contributed by atoms with Crippen molar-refractivity contribution in [3.8, 4) is 0 Å². The van der Waals surface area contributed by atoms with Gasteiger partial charge in [-0.15, -0.1) is 0 Å². The Labute approximate surface area is 109 Å². The first-order valence-corrected chi connectivity index (χ1v) is 6.74. The molecule has 1 saturated heterocycles. The summed E-state index contributed by atoms with van der Waals surface area (Å²) in [5.74, 6) is 1.37. The minimum absolute atomic E-state index is 0.242. The van der Waals surface area contributed by atoms with Crippen LogP contribution in [0, 0.1) is 0 Å². The van der Waals surface area contributed by atoms with Gasteiger partial charge in [0.25, 0.3) is 0 Å². The fraction of sp³-hybridized carbons (Fsp3) is 0.643. The first-order valence-electron chi connectivity index (χ1n) is 6.74. The quantitative estimate of drug-likeness (QED) is 0.854. The van der Waals surface area contributed by atoms with Gasteiger partial charge in [0.15, 0.2) is 0 Å². The molecule has 1 atom stereocenters. The predicted molar refractivity (Wildman–Crippen MR) is 73.7 cm³/mol. The van der Waals surface area contributed by atoms with Crippen LogP contribution in [-0.4, -0.2) is 29.3 Å². The Morgan fingerprint density at radius 3 is 2.89 bits per heavy atom. The van der Waals surface area contributed by atoms with Gasteiger partial charge in [-0.2, -0.15) is 0 Å². The summed E-state index contributed by atoms with van der Waals surface area (Å²) in [4.78, 5) is 6.90. The maximum Gasteiger partial charge on any atom is 0.133 e. The second kappa shape index (κ2) is 5.67. The number of piperidine rings is 1. The third-order valence-corrected chi connectivity index (χ3v) is 3.48. The average Bonchev–Trinajstić information content (AvgIpc) is 2.38. The third-order valence-electron chi connectivity index (χ3n) is 3.48. The second-order valence-electron chi connectivity index (χ2n) is 5.32. The van der Waals surface area contributed by atoms with E-state index in [9.17, 15) is 5.11 Å². The van der Waals surface area contributed by atoms with E-state index in [0.717, 1.165) is 36.5 Å². The molecule has 1 aromatic rings. The van der Waals surface area contributed by atoms with Gasteiger partial charge >= 0.3 is 0 Å². The Hall–Kier alpha value is -1.13. The standard InChI is InChI=1S/C14H23N3O/c1-10(2)13-6-5-11(8-15)14(16-13)17-7-3-4-12(18)9-17/h5-6,10,12,18H,3-4,7-9,15H2,1-2H3. The fourth-order valence-electron chi connectivity index (χ4n) is 2.39. The van der Waals surface area contributed by atoms with E-state index in [1.807, 2.05) is 0 Å². The normalized spacial score (nSPS) is 20.5. The van der Waals surface area contributed by atoms with Crippen molar-refractivity contribution in [1.82, 2.24) is 4.98 Å². The minimum atomic E-state index is -0.242. The molecule has 18 heavy (non-hydrogen) atoms. The molecule has 1 fully saturated rings. The van der Waals surface area contributed by atoms with Gasteiger partial charge < -0.3 is 15.7 Å². The highest BCUT2D eigenvalue weighted by Gasteiger charge is 2.21. The van der Waals surface area contributed by atoms with E-state index >= 15 is 0 Å². The van der Waals surface area contributed by atoms with Crippen molar-refractivity contribution in [1.29, 1.82) is 0 Å². The molecule has 2 rings (SSSR count). The summed E-state index contributed by atoms with van der Waals surface area (Å²) >= 11 is 0. The van der Waals surface area contributed by atoms with Gasteiger partial charge in [0.1, 0.15) is 5.82 Å². The number of aliphatic hydroxyl groups excluding tert-OH is 1. The van der Waals surface area contributed by atoms with Crippen LogP contribution in [0.25, 0.3) is 0 Å². The van der Waals surface area contributed by atoms with Crippen LogP contribution in [0.15, 0.2) is 12.1 Å². The van der Waals surface area contributed by atoms with Gasteiger partial charge in [0, 0.05) is 30.9 Å². The molecule has 1 unspecified atom stereocenters. The minimum Gasteiger partial charge on any atom is -0.391 e. The number of anilines is 1. The van der Waals surface area contributed by atoms with E-state index < -0.39 is 0 Å². The zero-order valence-electron chi connectivity index (χ0n) is 11.3. The van der Waals surface area contributed by atoms with E-state index in [-0.39, 0.29) is 6.10 Å². The summed E-state index contributed by atoms with van der Waals surface area (Å²) in [7, 11) is 0. The lowest BCUT2D eigenvalue weighted by Crippen LogP contribution is -2.39. The molecule has 4 nitrogen and oxygen atoms in total. The highest BCUT2D eigenvalue weighted by molar-refractivity contribution is 5.48. The molecular weight excluding hydrogens is 226 g/mol. The van der Waals surface area contributed by atoms with Crippen molar-refractivity contribution in [2.24, 2.45) is 5.73 Å². The molecule has 1 aliphatic heterocycles. The number of nitrogens with two attached hydrogens (primary N) is 1. The van der Waals surface area contributed by atoms with Crippen molar-refractivity contribution in [2.45, 2.75) is 45.3 Å². The Balaban J connectivity index is 2.31. The van der Waals surface area contributed by atoms with Gasteiger partial charge in [-0.3, -0.25) is 0 Å². The predicted octanol–water partition coefficient (Wildman–Crippen LogP) is 1.62. The SMILES string of the molecule is CC(C)c1ccc(CN)c(N2CCCC(O)C2)n1. The molecule has 2 heterocycles. The van der Waals surface area contributed by atoms with Crippen molar-refractivity contribution < 1.29 is 5.11 Å². The van der Waals surface area contributed by atoms with Crippen molar-refractivity contribution in [3.63, 3.8) is 0 Å². The highest BCUT2D eigenvalue weighted by atomic mass is 16.3. The molecule has 0 spiro atoms. The zero-order chi connectivity index (χ0) is 13.1. The van der Waals surface area contributed by atoms with Crippen LogP contribution < -0.4 is 10.6 Å². The molecule has 1 aromatic heterocycles. The number of pyridine rings is 1. The van der Waals surface area contributed by atoms with Gasteiger partial charge in [-0.25, -0.2) is 4.98 Å². The second-order valence-corrected chi connectivity index (χ2v) is 5.32. The Bertz CT molecular complexity index is 406. The maximum atomic E-state index is 9.78. The smallest absolute Gasteiger partial charge is 0.133 e. The van der Waals surface area contributed by atoms with Crippen LogP contribution in [0.5, 0.6) is 0 Å². The van der Waals surface area contributed by atoms with Crippen LogP contribution in [0.2, 0.25) is 0 Å². The number of hydrogen-bond donors (Lipinski definition) is 2. The number of nitrogens with zero attached hydrogens (tertiary/aromatic N) is 2. The van der Waals surface area contributed by atoms with Gasteiger partial charge in [0.2, 0.25) is 0 Å². The van der Waals surface area contributed by atoms with Gasteiger partial charge in [-0.05, 0) is 24.8 Å². The molecule has 0 saturated carbocycles. The topological polar surface area (TPSA) is 62.4 Å². The van der Waals surface area contributed by atoms with E-state index in [0.29, 0.717) is 19.0 Å². The molecule has 0 radical (unpaired) electrons. The van der Waals surface area contributed by atoms with E-state index in [1.165, 1.54) is 0 Å².